The molecule has 0 amide bonds. The Bertz CT molecular complexity index is 508. The third-order valence-corrected chi connectivity index (χ3v) is 3.06. The Hall–Kier alpha value is -1.88. The van der Waals surface area contributed by atoms with Crippen molar-refractivity contribution in [2.24, 2.45) is 5.73 Å². The molecule has 0 fully saturated rings. The quantitative estimate of drug-likeness (QED) is 0.860. The minimum absolute atomic E-state index is 0.137. The number of hydrogen-bond donors (Lipinski definition) is 1. The van der Waals surface area contributed by atoms with E-state index in [1.165, 1.54) is 5.56 Å². The molecule has 2 aromatic rings. The smallest absolute Gasteiger partial charge is 0.226 e. The summed E-state index contributed by atoms with van der Waals surface area (Å²) < 4.78 is 10.3. The summed E-state index contributed by atoms with van der Waals surface area (Å²) in [5.41, 5.74) is 6.79. The first-order valence-electron chi connectivity index (χ1n) is 6.38. The second-order valence-electron chi connectivity index (χ2n) is 4.53. The average Bonchev–Trinajstić information content (AvgIpc) is 2.93. The Morgan fingerprint density at radius 1 is 1.26 bits per heavy atom. The van der Waals surface area contributed by atoms with Crippen LogP contribution in [0.25, 0.3) is 0 Å². The van der Waals surface area contributed by atoms with E-state index in [4.69, 9.17) is 15.0 Å². The average molecular weight is 261 g/mol. The Morgan fingerprint density at radius 2 is 2.00 bits per heavy atom. The number of benzene rings is 1. The highest BCUT2D eigenvalue weighted by Crippen LogP contribution is 2.14. The number of nitrogens with zero attached hydrogens (tertiary/aromatic N) is 2. The second-order valence-corrected chi connectivity index (χ2v) is 4.53. The fourth-order valence-electron chi connectivity index (χ4n) is 1.72. The second kappa shape index (κ2) is 6.33. The van der Waals surface area contributed by atoms with E-state index in [0.29, 0.717) is 18.3 Å². The van der Waals surface area contributed by atoms with Crippen LogP contribution in [0.3, 0.4) is 0 Å². The highest BCUT2D eigenvalue weighted by Gasteiger charge is 2.12. The zero-order valence-electron chi connectivity index (χ0n) is 11.3. The van der Waals surface area contributed by atoms with Gasteiger partial charge < -0.3 is 15.0 Å². The summed E-state index contributed by atoms with van der Waals surface area (Å²) in [6.45, 7) is 2.51. The van der Waals surface area contributed by atoms with Gasteiger partial charge in [-0.25, -0.2) is 0 Å². The molecular formula is C14H19N3O2. The molecule has 0 saturated heterocycles. The van der Waals surface area contributed by atoms with Crippen molar-refractivity contribution in [3.05, 3.63) is 41.5 Å². The first-order chi connectivity index (χ1) is 9.22. The molecule has 0 bridgehead atoms. The first-order valence-corrected chi connectivity index (χ1v) is 6.38. The van der Waals surface area contributed by atoms with E-state index in [1.54, 1.807) is 7.11 Å². The van der Waals surface area contributed by atoms with Crippen LogP contribution >= 0.6 is 0 Å². The maximum Gasteiger partial charge on any atom is 0.226 e. The highest BCUT2D eigenvalue weighted by molar-refractivity contribution is 5.27. The van der Waals surface area contributed by atoms with Gasteiger partial charge in [-0.05, 0) is 24.1 Å². The van der Waals surface area contributed by atoms with Gasteiger partial charge in [0.05, 0.1) is 7.11 Å². The molecule has 1 unspecified atom stereocenters. The number of aromatic nitrogens is 2. The highest BCUT2D eigenvalue weighted by atomic mass is 16.5. The van der Waals surface area contributed by atoms with E-state index in [0.717, 1.165) is 18.6 Å². The monoisotopic (exact) mass is 261 g/mol. The minimum Gasteiger partial charge on any atom is -0.497 e. The molecule has 1 aromatic carbocycles. The molecule has 0 radical (unpaired) electrons. The third-order valence-electron chi connectivity index (χ3n) is 3.06. The molecule has 2 rings (SSSR count). The van der Waals surface area contributed by atoms with Crippen LogP contribution in [0.15, 0.2) is 28.8 Å². The summed E-state index contributed by atoms with van der Waals surface area (Å²) in [6.07, 6.45) is 1.60. The summed E-state index contributed by atoms with van der Waals surface area (Å²) in [5.74, 6) is 2.34. The number of aryl methyl sites for hydroxylation is 2. The lowest BCUT2D eigenvalue weighted by Gasteiger charge is -2.01. The van der Waals surface area contributed by atoms with Gasteiger partial charge in [0.2, 0.25) is 5.89 Å². The van der Waals surface area contributed by atoms with Crippen LogP contribution in [-0.4, -0.2) is 23.8 Å². The van der Waals surface area contributed by atoms with E-state index in [-0.39, 0.29) is 5.92 Å². The zero-order valence-corrected chi connectivity index (χ0v) is 11.3. The number of rotatable bonds is 6. The molecule has 0 spiro atoms. The van der Waals surface area contributed by atoms with Gasteiger partial charge in [0.1, 0.15) is 5.75 Å². The lowest BCUT2D eigenvalue weighted by Crippen LogP contribution is -2.10. The van der Waals surface area contributed by atoms with Crippen molar-refractivity contribution in [3.8, 4) is 5.75 Å². The normalized spacial score (nSPS) is 12.4. The fraction of sp³-hybridized carbons (Fsp3) is 0.429. The summed E-state index contributed by atoms with van der Waals surface area (Å²) in [6, 6.07) is 7.98. The largest absolute Gasteiger partial charge is 0.497 e. The molecule has 1 heterocycles. The van der Waals surface area contributed by atoms with E-state index < -0.39 is 0 Å². The summed E-state index contributed by atoms with van der Waals surface area (Å²) in [5, 5.41) is 3.94. The van der Waals surface area contributed by atoms with Crippen LogP contribution in [-0.2, 0) is 12.8 Å². The van der Waals surface area contributed by atoms with Gasteiger partial charge in [-0.3, -0.25) is 0 Å². The number of methoxy groups -OCH3 is 1. The van der Waals surface area contributed by atoms with Crippen molar-refractivity contribution < 1.29 is 9.26 Å². The fourth-order valence-corrected chi connectivity index (χ4v) is 1.72. The summed E-state index contributed by atoms with van der Waals surface area (Å²) in [4.78, 5) is 4.35. The minimum atomic E-state index is 0.137. The van der Waals surface area contributed by atoms with Crippen molar-refractivity contribution in [2.75, 3.05) is 13.7 Å². The molecule has 1 atom stereocenters. The SMILES string of the molecule is COc1ccc(CCc2nc(C(C)CN)no2)cc1. The van der Waals surface area contributed by atoms with Gasteiger partial charge in [0.25, 0.3) is 0 Å². The van der Waals surface area contributed by atoms with Gasteiger partial charge in [0, 0.05) is 18.9 Å². The number of nitrogens with two attached hydrogens (primary N) is 1. The van der Waals surface area contributed by atoms with Gasteiger partial charge >= 0.3 is 0 Å². The predicted octanol–water partition coefficient (Wildman–Crippen LogP) is 1.93. The lowest BCUT2D eigenvalue weighted by atomic mass is 10.1. The molecule has 0 aliphatic rings. The Kier molecular flexibility index (Phi) is 4.52. The van der Waals surface area contributed by atoms with Crippen LogP contribution in [0.2, 0.25) is 0 Å². The molecule has 0 aliphatic carbocycles. The molecule has 5 heteroatoms. The zero-order chi connectivity index (χ0) is 13.7. The maximum atomic E-state index is 5.57. The van der Waals surface area contributed by atoms with Gasteiger partial charge in [-0.15, -0.1) is 0 Å². The lowest BCUT2D eigenvalue weighted by molar-refractivity contribution is 0.370. The van der Waals surface area contributed by atoms with Crippen molar-refractivity contribution in [1.29, 1.82) is 0 Å². The van der Waals surface area contributed by atoms with Crippen molar-refractivity contribution in [3.63, 3.8) is 0 Å². The van der Waals surface area contributed by atoms with E-state index in [2.05, 4.69) is 10.1 Å². The molecule has 102 valence electrons. The molecule has 1 aromatic heterocycles. The van der Waals surface area contributed by atoms with E-state index in [1.807, 2.05) is 31.2 Å². The number of ether oxygens (including phenoxy) is 1. The van der Waals surface area contributed by atoms with Crippen molar-refractivity contribution >= 4 is 0 Å². The number of hydrogen-bond acceptors (Lipinski definition) is 5. The molecular weight excluding hydrogens is 242 g/mol. The molecule has 5 nitrogen and oxygen atoms in total. The van der Waals surface area contributed by atoms with Gasteiger partial charge in [-0.2, -0.15) is 4.98 Å². The van der Waals surface area contributed by atoms with Crippen LogP contribution in [0.5, 0.6) is 5.75 Å². The van der Waals surface area contributed by atoms with Crippen LogP contribution in [0.4, 0.5) is 0 Å². The third kappa shape index (κ3) is 3.54. The van der Waals surface area contributed by atoms with Crippen LogP contribution in [0.1, 0.15) is 30.1 Å². The summed E-state index contributed by atoms with van der Waals surface area (Å²) >= 11 is 0. The Labute approximate surface area is 112 Å². The predicted molar refractivity (Wildman–Crippen MR) is 72.2 cm³/mol. The van der Waals surface area contributed by atoms with Crippen LogP contribution < -0.4 is 10.5 Å². The standard InChI is InChI=1S/C14H19N3O2/c1-10(9-15)14-16-13(19-17-14)8-5-11-3-6-12(18-2)7-4-11/h3-4,6-7,10H,5,8-9,15H2,1-2H3. The van der Waals surface area contributed by atoms with Crippen LogP contribution in [0, 0.1) is 0 Å². The topological polar surface area (TPSA) is 74.2 Å². The summed E-state index contributed by atoms with van der Waals surface area (Å²) in [7, 11) is 1.66. The van der Waals surface area contributed by atoms with Gasteiger partial charge in [-0.1, -0.05) is 24.2 Å². The molecule has 2 N–H and O–H groups in total. The maximum absolute atomic E-state index is 5.57. The Morgan fingerprint density at radius 3 is 2.63 bits per heavy atom. The van der Waals surface area contributed by atoms with E-state index >= 15 is 0 Å². The van der Waals surface area contributed by atoms with Crippen molar-refractivity contribution in [1.82, 2.24) is 10.1 Å². The van der Waals surface area contributed by atoms with Gasteiger partial charge in [0.15, 0.2) is 5.82 Å². The van der Waals surface area contributed by atoms with Crippen molar-refractivity contribution in [2.45, 2.75) is 25.7 Å². The molecule has 0 saturated carbocycles. The Balaban J connectivity index is 1.92. The molecule has 19 heavy (non-hydrogen) atoms. The molecule has 0 aliphatic heterocycles. The first kappa shape index (κ1) is 13.5. The van der Waals surface area contributed by atoms with E-state index in [9.17, 15) is 0 Å².